The molecule has 0 aromatic carbocycles. The van der Waals surface area contributed by atoms with E-state index in [-0.39, 0.29) is 18.3 Å². The molecule has 2 heterocycles. The Morgan fingerprint density at radius 1 is 1.50 bits per heavy atom. The Hall–Kier alpha value is -1.69. The predicted octanol–water partition coefficient (Wildman–Crippen LogP) is 0.174. The van der Waals surface area contributed by atoms with E-state index in [9.17, 15) is 9.18 Å². The second-order valence-electron chi connectivity index (χ2n) is 3.59. The van der Waals surface area contributed by atoms with Gasteiger partial charge in [0.2, 0.25) is 0 Å². The standard InChI is InChI=1S/C10H13FN4O/c11-8-2-3-9-13-15(5-1-4-12)10(16)7-14(9)6-8/h2-3,6H,1,4-5,7,12H2. The third-order valence-electron chi connectivity index (χ3n) is 2.36. The Kier molecular flexibility index (Phi) is 3.00. The lowest BCUT2D eigenvalue weighted by atomic mass is 10.3. The lowest BCUT2D eigenvalue weighted by molar-refractivity contribution is -0.132. The van der Waals surface area contributed by atoms with Crippen LogP contribution in [-0.4, -0.2) is 41.3 Å². The molecule has 2 aliphatic rings. The zero-order chi connectivity index (χ0) is 11.5. The summed E-state index contributed by atoms with van der Waals surface area (Å²) in [6.07, 6.45) is 4.86. The average Bonchev–Trinajstić information content (AvgIpc) is 2.26. The molecule has 2 rings (SSSR count). The van der Waals surface area contributed by atoms with Crippen molar-refractivity contribution < 1.29 is 9.18 Å². The van der Waals surface area contributed by atoms with Crippen molar-refractivity contribution in [2.75, 3.05) is 19.6 Å². The molecular weight excluding hydrogens is 211 g/mol. The van der Waals surface area contributed by atoms with Gasteiger partial charge in [0, 0.05) is 12.7 Å². The van der Waals surface area contributed by atoms with Gasteiger partial charge in [0.1, 0.15) is 12.4 Å². The van der Waals surface area contributed by atoms with Gasteiger partial charge in [-0.2, -0.15) is 5.10 Å². The van der Waals surface area contributed by atoms with Crippen LogP contribution in [0.1, 0.15) is 6.42 Å². The van der Waals surface area contributed by atoms with Crippen LogP contribution in [0.3, 0.4) is 0 Å². The molecule has 5 nitrogen and oxygen atoms in total. The normalized spacial score (nSPS) is 19.5. The molecule has 2 N–H and O–H groups in total. The molecule has 0 bridgehead atoms. The zero-order valence-corrected chi connectivity index (χ0v) is 8.77. The summed E-state index contributed by atoms with van der Waals surface area (Å²) in [7, 11) is 0. The van der Waals surface area contributed by atoms with Gasteiger partial charge >= 0.3 is 0 Å². The van der Waals surface area contributed by atoms with Gasteiger partial charge in [-0.1, -0.05) is 0 Å². The molecule has 0 saturated heterocycles. The van der Waals surface area contributed by atoms with E-state index < -0.39 is 0 Å². The Morgan fingerprint density at radius 3 is 3.06 bits per heavy atom. The number of fused-ring (bicyclic) bond motifs is 1. The van der Waals surface area contributed by atoms with Crippen molar-refractivity contribution in [1.82, 2.24) is 9.91 Å². The van der Waals surface area contributed by atoms with Gasteiger partial charge < -0.3 is 10.6 Å². The number of amides is 1. The topological polar surface area (TPSA) is 61.9 Å². The van der Waals surface area contributed by atoms with Gasteiger partial charge in [0.25, 0.3) is 5.91 Å². The summed E-state index contributed by atoms with van der Waals surface area (Å²) >= 11 is 0. The van der Waals surface area contributed by atoms with Crippen LogP contribution in [0.5, 0.6) is 0 Å². The first-order valence-electron chi connectivity index (χ1n) is 5.12. The molecule has 0 saturated carbocycles. The maximum Gasteiger partial charge on any atom is 0.262 e. The second-order valence-corrected chi connectivity index (χ2v) is 3.59. The number of carbonyl (C=O) groups excluding carboxylic acids is 1. The first-order valence-corrected chi connectivity index (χ1v) is 5.12. The van der Waals surface area contributed by atoms with Gasteiger partial charge in [-0.15, -0.1) is 0 Å². The number of nitrogens with zero attached hydrogens (tertiary/aromatic N) is 3. The molecule has 0 spiro atoms. The Labute approximate surface area is 92.7 Å². The van der Waals surface area contributed by atoms with E-state index in [0.29, 0.717) is 25.3 Å². The number of amidine groups is 1. The van der Waals surface area contributed by atoms with Gasteiger partial charge in [-0.05, 0) is 25.1 Å². The van der Waals surface area contributed by atoms with Crippen molar-refractivity contribution in [3.8, 4) is 0 Å². The third kappa shape index (κ3) is 2.11. The van der Waals surface area contributed by atoms with Crippen LogP contribution in [-0.2, 0) is 4.79 Å². The van der Waals surface area contributed by atoms with Crippen LogP contribution < -0.4 is 5.73 Å². The van der Waals surface area contributed by atoms with Crippen molar-refractivity contribution in [3.63, 3.8) is 0 Å². The molecular formula is C10H13FN4O. The summed E-state index contributed by atoms with van der Waals surface area (Å²) in [5.74, 6) is 0.0664. The first-order chi connectivity index (χ1) is 7.70. The smallest absolute Gasteiger partial charge is 0.262 e. The van der Waals surface area contributed by atoms with Crippen LogP contribution >= 0.6 is 0 Å². The molecule has 0 aromatic heterocycles. The molecule has 0 fully saturated rings. The minimum atomic E-state index is -0.373. The number of rotatable bonds is 3. The quantitative estimate of drug-likeness (QED) is 0.743. The fourth-order valence-corrected chi connectivity index (χ4v) is 1.55. The van der Waals surface area contributed by atoms with E-state index in [1.807, 2.05) is 0 Å². The van der Waals surface area contributed by atoms with Crippen LogP contribution in [0.4, 0.5) is 4.39 Å². The number of carbonyl (C=O) groups is 1. The molecule has 16 heavy (non-hydrogen) atoms. The molecule has 0 atom stereocenters. The lowest BCUT2D eigenvalue weighted by Gasteiger charge is -2.31. The molecule has 86 valence electrons. The van der Waals surface area contributed by atoms with Crippen molar-refractivity contribution in [1.29, 1.82) is 0 Å². The number of allylic oxidation sites excluding steroid dienone is 2. The van der Waals surface area contributed by atoms with Crippen LogP contribution in [0.25, 0.3) is 0 Å². The van der Waals surface area contributed by atoms with E-state index in [1.54, 1.807) is 6.08 Å². The van der Waals surface area contributed by atoms with Gasteiger partial charge in [0.05, 0.1) is 0 Å². The van der Waals surface area contributed by atoms with Gasteiger partial charge in [-0.3, -0.25) is 4.79 Å². The maximum atomic E-state index is 12.9. The van der Waals surface area contributed by atoms with Crippen LogP contribution in [0.2, 0.25) is 0 Å². The number of hydrogen-bond donors (Lipinski definition) is 1. The number of nitrogens with two attached hydrogens (primary N) is 1. The average molecular weight is 224 g/mol. The largest absolute Gasteiger partial charge is 0.330 e. The third-order valence-corrected chi connectivity index (χ3v) is 2.36. The summed E-state index contributed by atoms with van der Waals surface area (Å²) in [5.41, 5.74) is 5.37. The highest BCUT2D eigenvalue weighted by atomic mass is 19.1. The van der Waals surface area contributed by atoms with E-state index >= 15 is 0 Å². The highest BCUT2D eigenvalue weighted by Crippen LogP contribution is 2.15. The second kappa shape index (κ2) is 4.44. The fourth-order valence-electron chi connectivity index (χ4n) is 1.55. The number of hydrazone groups is 1. The molecule has 0 aromatic rings. The summed E-state index contributed by atoms with van der Waals surface area (Å²) in [6.45, 7) is 1.15. The minimum absolute atomic E-state index is 0.126. The minimum Gasteiger partial charge on any atom is -0.330 e. The summed E-state index contributed by atoms with van der Waals surface area (Å²) in [6, 6.07) is 0. The fraction of sp³-hybridized carbons (Fsp3) is 0.400. The summed E-state index contributed by atoms with van der Waals surface area (Å²) < 4.78 is 12.9. The van der Waals surface area contributed by atoms with Gasteiger partial charge in [-0.25, -0.2) is 9.40 Å². The van der Waals surface area contributed by atoms with Crippen molar-refractivity contribution in [2.45, 2.75) is 6.42 Å². The Balaban J connectivity index is 2.14. The highest BCUT2D eigenvalue weighted by Gasteiger charge is 2.25. The number of hydrogen-bond acceptors (Lipinski definition) is 4. The number of halogens is 1. The molecule has 6 heteroatoms. The molecule has 0 radical (unpaired) electrons. The predicted molar refractivity (Wildman–Crippen MR) is 57.9 cm³/mol. The van der Waals surface area contributed by atoms with E-state index in [0.717, 1.165) is 0 Å². The zero-order valence-electron chi connectivity index (χ0n) is 8.77. The first kappa shape index (κ1) is 10.8. The lowest BCUT2D eigenvalue weighted by Crippen LogP contribution is -2.45. The maximum absolute atomic E-state index is 12.9. The SMILES string of the molecule is NCCCN1N=C2C=CC(F)=CN2CC1=O. The van der Waals surface area contributed by atoms with E-state index in [1.165, 1.54) is 22.2 Å². The van der Waals surface area contributed by atoms with E-state index in [4.69, 9.17) is 5.73 Å². The monoisotopic (exact) mass is 224 g/mol. The van der Waals surface area contributed by atoms with Crippen LogP contribution in [0, 0.1) is 0 Å². The van der Waals surface area contributed by atoms with Crippen molar-refractivity contribution in [2.24, 2.45) is 10.8 Å². The molecule has 2 aliphatic heterocycles. The van der Waals surface area contributed by atoms with Crippen LogP contribution in [0.15, 0.2) is 29.3 Å². The Morgan fingerprint density at radius 2 is 2.31 bits per heavy atom. The molecule has 1 amide bonds. The highest BCUT2D eigenvalue weighted by molar-refractivity contribution is 6.00. The van der Waals surface area contributed by atoms with E-state index in [2.05, 4.69) is 5.10 Å². The van der Waals surface area contributed by atoms with Crippen molar-refractivity contribution >= 4 is 11.7 Å². The van der Waals surface area contributed by atoms with Crippen molar-refractivity contribution in [3.05, 3.63) is 24.2 Å². The Bertz CT molecular complexity index is 388. The summed E-state index contributed by atoms with van der Waals surface area (Å²) in [5, 5.41) is 5.52. The molecule has 0 unspecified atom stereocenters. The van der Waals surface area contributed by atoms with Gasteiger partial charge in [0.15, 0.2) is 5.84 Å². The summed E-state index contributed by atoms with van der Waals surface area (Å²) in [4.78, 5) is 13.1. The molecule has 0 aliphatic carbocycles.